The van der Waals surface area contributed by atoms with E-state index in [2.05, 4.69) is 16.2 Å². The van der Waals surface area contributed by atoms with Crippen LogP contribution < -0.4 is 20.9 Å². The molecule has 0 aliphatic carbocycles. The lowest BCUT2D eigenvalue weighted by molar-refractivity contribution is -0.121. The summed E-state index contributed by atoms with van der Waals surface area (Å²) < 4.78 is 5.38. The summed E-state index contributed by atoms with van der Waals surface area (Å²) in [4.78, 5) is 24.3. The Balaban J connectivity index is 1.45. The molecule has 158 valence electrons. The van der Waals surface area contributed by atoms with Crippen LogP contribution in [0.2, 0.25) is 0 Å². The standard InChI is InChI=1S/C24H23N3O3S/c1-2-30-20-13-10-17(11-14-20)12-15-22(28)25-24(31)27-26-23(29)16-19-8-5-7-18-6-3-4-9-21(18)19/h3-15H,2,16H2,1H3,(H,26,29)(H2,25,27,28,31)/b15-12+. The van der Waals surface area contributed by atoms with E-state index in [1.54, 1.807) is 6.08 Å². The van der Waals surface area contributed by atoms with Crippen LogP contribution >= 0.6 is 12.2 Å². The molecule has 0 aromatic heterocycles. The van der Waals surface area contributed by atoms with Gasteiger partial charge in [-0.2, -0.15) is 0 Å². The minimum atomic E-state index is -0.408. The highest BCUT2D eigenvalue weighted by Gasteiger charge is 2.08. The first-order chi connectivity index (χ1) is 15.0. The predicted molar refractivity (Wildman–Crippen MR) is 126 cm³/mol. The highest BCUT2D eigenvalue weighted by molar-refractivity contribution is 7.80. The Morgan fingerprint density at radius 2 is 1.71 bits per heavy atom. The van der Waals surface area contributed by atoms with Gasteiger partial charge in [0.2, 0.25) is 11.8 Å². The van der Waals surface area contributed by atoms with Crippen molar-refractivity contribution in [1.82, 2.24) is 16.2 Å². The maximum atomic E-state index is 12.3. The van der Waals surface area contributed by atoms with E-state index in [0.717, 1.165) is 27.6 Å². The van der Waals surface area contributed by atoms with Crippen LogP contribution in [0, 0.1) is 0 Å². The number of ether oxygens (including phenoxy) is 1. The number of fused-ring (bicyclic) bond motifs is 1. The SMILES string of the molecule is CCOc1ccc(/C=C/C(=O)NC(=S)NNC(=O)Cc2cccc3ccccc23)cc1. The minimum absolute atomic E-state index is 0.00705. The molecule has 31 heavy (non-hydrogen) atoms. The van der Waals surface area contributed by atoms with Gasteiger partial charge in [-0.25, -0.2) is 0 Å². The molecule has 2 amide bonds. The molecule has 3 aromatic carbocycles. The maximum absolute atomic E-state index is 12.3. The zero-order chi connectivity index (χ0) is 22.1. The third-order valence-corrected chi connectivity index (χ3v) is 4.61. The van der Waals surface area contributed by atoms with Crippen LogP contribution in [0.25, 0.3) is 16.8 Å². The van der Waals surface area contributed by atoms with Crippen LogP contribution in [-0.2, 0) is 16.0 Å². The Hall–Kier alpha value is -3.71. The number of carbonyl (C=O) groups excluding carboxylic acids is 2. The Morgan fingerprint density at radius 1 is 0.968 bits per heavy atom. The minimum Gasteiger partial charge on any atom is -0.494 e. The largest absolute Gasteiger partial charge is 0.494 e. The van der Waals surface area contributed by atoms with Crippen molar-refractivity contribution in [1.29, 1.82) is 0 Å². The van der Waals surface area contributed by atoms with Crippen LogP contribution in [-0.4, -0.2) is 23.5 Å². The van der Waals surface area contributed by atoms with E-state index in [1.165, 1.54) is 6.08 Å². The van der Waals surface area contributed by atoms with Crippen LogP contribution in [0.15, 0.2) is 72.8 Å². The molecule has 0 spiro atoms. The van der Waals surface area contributed by atoms with Gasteiger partial charge >= 0.3 is 0 Å². The molecule has 0 radical (unpaired) electrons. The number of nitrogens with one attached hydrogen (secondary N) is 3. The first kappa shape index (κ1) is 22.0. The second-order valence-corrected chi connectivity index (χ2v) is 7.05. The van der Waals surface area contributed by atoms with Crippen LogP contribution in [0.4, 0.5) is 0 Å². The Kier molecular flexibility index (Phi) is 7.73. The zero-order valence-corrected chi connectivity index (χ0v) is 17.9. The molecule has 0 fully saturated rings. The lowest BCUT2D eigenvalue weighted by Gasteiger charge is -2.11. The van der Waals surface area contributed by atoms with E-state index in [-0.39, 0.29) is 17.4 Å². The second-order valence-electron chi connectivity index (χ2n) is 6.64. The van der Waals surface area contributed by atoms with Gasteiger partial charge in [0.05, 0.1) is 13.0 Å². The molecule has 0 saturated heterocycles. The maximum Gasteiger partial charge on any atom is 0.250 e. The number of thiocarbonyl (C=S) groups is 1. The Bertz CT molecular complexity index is 1110. The third-order valence-electron chi connectivity index (χ3n) is 4.40. The van der Waals surface area contributed by atoms with Crippen molar-refractivity contribution in [2.24, 2.45) is 0 Å². The molecule has 7 heteroatoms. The van der Waals surface area contributed by atoms with Crippen molar-refractivity contribution in [2.75, 3.05) is 6.61 Å². The van der Waals surface area contributed by atoms with E-state index in [1.807, 2.05) is 73.7 Å². The van der Waals surface area contributed by atoms with Crippen molar-refractivity contribution in [3.63, 3.8) is 0 Å². The predicted octanol–water partition coefficient (Wildman–Crippen LogP) is 3.52. The quantitative estimate of drug-likeness (QED) is 0.315. The Labute approximate surface area is 186 Å². The molecule has 0 bridgehead atoms. The van der Waals surface area contributed by atoms with Gasteiger partial charge in [0.25, 0.3) is 0 Å². The molecule has 0 aliphatic heterocycles. The average Bonchev–Trinajstić information content (AvgIpc) is 2.78. The molecular weight excluding hydrogens is 410 g/mol. The molecule has 0 aliphatic rings. The summed E-state index contributed by atoms with van der Waals surface area (Å²) in [6, 6.07) is 21.1. The summed E-state index contributed by atoms with van der Waals surface area (Å²) in [6.07, 6.45) is 3.21. The fourth-order valence-corrected chi connectivity index (χ4v) is 3.14. The number of hydrogen-bond donors (Lipinski definition) is 3. The fraction of sp³-hybridized carbons (Fsp3) is 0.125. The number of benzene rings is 3. The van der Waals surface area contributed by atoms with Crippen LogP contribution in [0.1, 0.15) is 18.1 Å². The smallest absolute Gasteiger partial charge is 0.250 e. The summed E-state index contributed by atoms with van der Waals surface area (Å²) in [5.74, 6) is 0.0984. The van der Waals surface area contributed by atoms with Crippen LogP contribution in [0.5, 0.6) is 5.75 Å². The number of carbonyl (C=O) groups is 2. The molecule has 3 N–H and O–H groups in total. The summed E-state index contributed by atoms with van der Waals surface area (Å²) in [6.45, 7) is 2.52. The summed E-state index contributed by atoms with van der Waals surface area (Å²) in [5, 5.41) is 4.59. The highest BCUT2D eigenvalue weighted by atomic mass is 32.1. The van der Waals surface area contributed by atoms with Crippen molar-refractivity contribution < 1.29 is 14.3 Å². The fourth-order valence-electron chi connectivity index (χ4n) is 2.99. The van der Waals surface area contributed by atoms with Gasteiger partial charge in [-0.15, -0.1) is 0 Å². The number of amides is 2. The molecular formula is C24H23N3O3S. The van der Waals surface area contributed by atoms with Crippen molar-refractivity contribution >= 4 is 46.0 Å². The highest BCUT2D eigenvalue weighted by Crippen LogP contribution is 2.18. The van der Waals surface area contributed by atoms with Gasteiger partial charge in [0.1, 0.15) is 5.75 Å². The van der Waals surface area contributed by atoms with Crippen molar-refractivity contribution in [3.05, 3.63) is 83.9 Å². The summed E-state index contributed by atoms with van der Waals surface area (Å²) >= 11 is 5.06. The van der Waals surface area contributed by atoms with Gasteiger partial charge in [-0.1, -0.05) is 54.6 Å². The molecule has 0 unspecified atom stereocenters. The number of hydrogen-bond acceptors (Lipinski definition) is 4. The van der Waals surface area contributed by atoms with Crippen molar-refractivity contribution in [2.45, 2.75) is 13.3 Å². The Morgan fingerprint density at radius 3 is 2.48 bits per heavy atom. The molecule has 0 saturated carbocycles. The molecule has 3 rings (SSSR count). The van der Waals surface area contributed by atoms with Gasteiger partial charge < -0.3 is 4.74 Å². The van der Waals surface area contributed by atoms with E-state index < -0.39 is 5.91 Å². The van der Waals surface area contributed by atoms with Crippen LogP contribution in [0.3, 0.4) is 0 Å². The van der Waals surface area contributed by atoms with Gasteiger partial charge in [-0.05, 0) is 59.2 Å². The number of rotatable bonds is 6. The van der Waals surface area contributed by atoms with Crippen molar-refractivity contribution in [3.8, 4) is 5.75 Å². The van der Waals surface area contributed by atoms with E-state index in [9.17, 15) is 9.59 Å². The lowest BCUT2D eigenvalue weighted by Crippen LogP contribution is -2.48. The molecule has 0 atom stereocenters. The monoisotopic (exact) mass is 433 g/mol. The number of hydrazine groups is 1. The van der Waals surface area contributed by atoms with Gasteiger partial charge in [0.15, 0.2) is 5.11 Å². The molecule has 3 aromatic rings. The summed E-state index contributed by atoms with van der Waals surface area (Å²) in [5.41, 5.74) is 6.82. The van der Waals surface area contributed by atoms with E-state index >= 15 is 0 Å². The average molecular weight is 434 g/mol. The molecule has 6 nitrogen and oxygen atoms in total. The second kappa shape index (κ2) is 10.9. The third kappa shape index (κ3) is 6.65. The van der Waals surface area contributed by atoms with Gasteiger partial charge in [0, 0.05) is 6.08 Å². The topological polar surface area (TPSA) is 79.5 Å². The van der Waals surface area contributed by atoms with E-state index in [0.29, 0.717) is 6.61 Å². The molecule has 0 heterocycles. The lowest BCUT2D eigenvalue weighted by atomic mass is 10.0. The van der Waals surface area contributed by atoms with E-state index in [4.69, 9.17) is 17.0 Å². The van der Waals surface area contributed by atoms with Gasteiger partial charge in [-0.3, -0.25) is 25.8 Å². The zero-order valence-electron chi connectivity index (χ0n) is 17.1. The normalized spacial score (nSPS) is 10.6. The summed E-state index contributed by atoms with van der Waals surface area (Å²) in [7, 11) is 0. The first-order valence-corrected chi connectivity index (χ1v) is 10.2. The first-order valence-electron chi connectivity index (χ1n) is 9.82.